The van der Waals surface area contributed by atoms with Gasteiger partial charge in [0, 0.05) is 12.0 Å². The Kier molecular flexibility index (Phi) is 6.90. The Labute approximate surface area is 170 Å². The van der Waals surface area contributed by atoms with Crippen molar-refractivity contribution in [3.8, 4) is 0 Å². The maximum absolute atomic E-state index is 12.8. The first-order chi connectivity index (χ1) is 14.2. The summed E-state index contributed by atoms with van der Waals surface area (Å²) in [7, 11) is 1.29. The molecule has 5 nitrogen and oxygen atoms in total. The molecule has 2 amide bonds. The van der Waals surface area contributed by atoms with Crippen LogP contribution in [0.5, 0.6) is 0 Å². The van der Waals surface area contributed by atoms with Gasteiger partial charge in [0.15, 0.2) is 0 Å². The Hall–Kier alpha value is -3.73. The van der Waals surface area contributed by atoms with Gasteiger partial charge < -0.3 is 10.1 Å². The minimum absolute atomic E-state index is 0.190. The molecule has 0 aliphatic rings. The standard InChI is InChI=1S/C24H22N2O3/c1-29-24(28)26-22(19-13-7-3-8-14-19)17-21(18-11-5-2-6-12-18)25-23(27)20-15-9-4-10-16-20/h2-16,21H,17H2,1H3,(H,25,27)/b26-22-/t21-/m0/s1. The number of carbonyl (C=O) groups excluding carboxylic acids is 2. The zero-order chi connectivity index (χ0) is 20.5. The van der Waals surface area contributed by atoms with Gasteiger partial charge in [-0.25, -0.2) is 4.79 Å². The van der Waals surface area contributed by atoms with E-state index in [-0.39, 0.29) is 11.9 Å². The van der Waals surface area contributed by atoms with E-state index in [9.17, 15) is 9.59 Å². The third-order valence-electron chi connectivity index (χ3n) is 4.45. The number of methoxy groups -OCH3 is 1. The fraction of sp³-hybridized carbons (Fsp3) is 0.125. The van der Waals surface area contributed by atoms with Crippen LogP contribution < -0.4 is 5.32 Å². The summed E-state index contributed by atoms with van der Waals surface area (Å²) in [6, 6.07) is 27.7. The largest absolute Gasteiger partial charge is 0.451 e. The van der Waals surface area contributed by atoms with Gasteiger partial charge in [-0.05, 0) is 23.3 Å². The maximum Gasteiger partial charge on any atom is 0.433 e. The van der Waals surface area contributed by atoms with E-state index < -0.39 is 6.09 Å². The predicted octanol–water partition coefficient (Wildman–Crippen LogP) is 4.80. The van der Waals surface area contributed by atoms with Crippen LogP contribution in [0.25, 0.3) is 0 Å². The summed E-state index contributed by atoms with van der Waals surface area (Å²) in [5.74, 6) is -0.190. The predicted molar refractivity (Wildman–Crippen MR) is 113 cm³/mol. The van der Waals surface area contributed by atoms with Crippen molar-refractivity contribution in [2.75, 3.05) is 7.11 Å². The molecule has 0 heterocycles. The Bertz CT molecular complexity index is 971. The zero-order valence-electron chi connectivity index (χ0n) is 16.1. The highest BCUT2D eigenvalue weighted by Gasteiger charge is 2.20. The third kappa shape index (κ3) is 5.62. The van der Waals surface area contributed by atoms with Crippen molar-refractivity contribution < 1.29 is 14.3 Å². The topological polar surface area (TPSA) is 67.8 Å². The van der Waals surface area contributed by atoms with Crippen LogP contribution in [0.2, 0.25) is 0 Å². The first-order valence-corrected chi connectivity index (χ1v) is 9.29. The molecule has 5 heteroatoms. The second-order valence-electron chi connectivity index (χ2n) is 6.40. The van der Waals surface area contributed by atoms with Gasteiger partial charge in [-0.3, -0.25) is 4.79 Å². The number of hydrogen-bond donors (Lipinski definition) is 1. The van der Waals surface area contributed by atoms with E-state index in [4.69, 9.17) is 4.74 Å². The molecule has 0 aromatic heterocycles. The van der Waals surface area contributed by atoms with Gasteiger partial charge in [0.1, 0.15) is 0 Å². The highest BCUT2D eigenvalue weighted by atomic mass is 16.5. The molecule has 0 fully saturated rings. The summed E-state index contributed by atoms with van der Waals surface area (Å²) in [4.78, 5) is 28.8. The summed E-state index contributed by atoms with van der Waals surface area (Å²) in [5.41, 5.74) is 2.83. The number of aliphatic imine (C=N–C) groups is 1. The molecule has 0 unspecified atom stereocenters. The maximum atomic E-state index is 12.8. The molecule has 0 aliphatic carbocycles. The lowest BCUT2D eigenvalue weighted by molar-refractivity contribution is 0.0938. The number of amides is 2. The summed E-state index contributed by atoms with van der Waals surface area (Å²) in [6.07, 6.45) is -0.341. The minimum atomic E-state index is -0.676. The number of hydrogen-bond acceptors (Lipinski definition) is 3. The second kappa shape index (κ2) is 9.99. The van der Waals surface area contributed by atoms with Gasteiger partial charge in [-0.15, -0.1) is 0 Å². The van der Waals surface area contributed by atoms with Crippen LogP contribution in [-0.4, -0.2) is 24.8 Å². The SMILES string of the molecule is COC(=O)/N=C(/C[C@H](NC(=O)c1ccccc1)c1ccccc1)c1ccccc1. The number of carbonyl (C=O) groups is 2. The molecule has 1 N–H and O–H groups in total. The molecule has 3 aromatic carbocycles. The lowest BCUT2D eigenvalue weighted by Crippen LogP contribution is -2.30. The zero-order valence-corrected chi connectivity index (χ0v) is 16.1. The lowest BCUT2D eigenvalue weighted by atomic mass is 9.96. The molecular weight excluding hydrogens is 364 g/mol. The van der Waals surface area contributed by atoms with Crippen LogP contribution in [-0.2, 0) is 4.74 Å². The summed E-state index contributed by atoms with van der Waals surface area (Å²) in [5, 5.41) is 3.07. The van der Waals surface area contributed by atoms with Crippen molar-refractivity contribution in [1.82, 2.24) is 5.32 Å². The molecule has 0 spiro atoms. The molecule has 0 saturated heterocycles. The summed E-state index contributed by atoms with van der Waals surface area (Å²) >= 11 is 0. The van der Waals surface area contributed by atoms with Crippen molar-refractivity contribution in [2.45, 2.75) is 12.5 Å². The van der Waals surface area contributed by atoms with Crippen LogP contribution in [0, 0.1) is 0 Å². The molecular formula is C24H22N2O3. The number of ether oxygens (including phenoxy) is 1. The Morgan fingerprint density at radius 2 is 1.34 bits per heavy atom. The molecule has 3 aromatic rings. The van der Waals surface area contributed by atoms with E-state index >= 15 is 0 Å². The average Bonchev–Trinajstić information content (AvgIpc) is 2.79. The van der Waals surface area contributed by atoms with E-state index in [2.05, 4.69) is 10.3 Å². The van der Waals surface area contributed by atoms with Crippen molar-refractivity contribution in [2.24, 2.45) is 4.99 Å². The lowest BCUT2D eigenvalue weighted by Gasteiger charge is -2.20. The molecule has 29 heavy (non-hydrogen) atoms. The van der Waals surface area contributed by atoms with Crippen molar-refractivity contribution in [3.05, 3.63) is 108 Å². The van der Waals surface area contributed by atoms with E-state index in [1.807, 2.05) is 78.9 Å². The summed E-state index contributed by atoms with van der Waals surface area (Å²) in [6.45, 7) is 0. The molecule has 3 rings (SSSR count). The van der Waals surface area contributed by atoms with Gasteiger partial charge in [0.2, 0.25) is 0 Å². The summed E-state index contributed by atoms with van der Waals surface area (Å²) < 4.78 is 4.73. The van der Waals surface area contributed by atoms with Gasteiger partial charge in [-0.1, -0.05) is 78.9 Å². The Morgan fingerprint density at radius 3 is 1.90 bits per heavy atom. The fourth-order valence-electron chi connectivity index (χ4n) is 2.98. The smallest absolute Gasteiger partial charge is 0.433 e. The van der Waals surface area contributed by atoms with Gasteiger partial charge in [-0.2, -0.15) is 4.99 Å². The van der Waals surface area contributed by atoms with Crippen LogP contribution in [0.1, 0.15) is 33.9 Å². The number of nitrogens with zero attached hydrogens (tertiary/aromatic N) is 1. The number of rotatable bonds is 6. The molecule has 0 aliphatic heterocycles. The van der Waals surface area contributed by atoms with E-state index in [0.717, 1.165) is 11.1 Å². The second-order valence-corrected chi connectivity index (χ2v) is 6.40. The normalized spacial score (nSPS) is 12.1. The minimum Gasteiger partial charge on any atom is -0.451 e. The first-order valence-electron chi connectivity index (χ1n) is 9.29. The molecule has 0 radical (unpaired) electrons. The monoisotopic (exact) mass is 386 g/mol. The van der Waals surface area contributed by atoms with Crippen LogP contribution >= 0.6 is 0 Å². The van der Waals surface area contributed by atoms with Gasteiger partial charge in [0.25, 0.3) is 5.91 Å². The number of nitrogens with one attached hydrogen (secondary N) is 1. The van der Waals surface area contributed by atoms with Crippen molar-refractivity contribution in [1.29, 1.82) is 0 Å². The van der Waals surface area contributed by atoms with E-state index in [1.165, 1.54) is 7.11 Å². The van der Waals surface area contributed by atoms with Crippen LogP contribution in [0.4, 0.5) is 4.79 Å². The van der Waals surface area contributed by atoms with E-state index in [1.54, 1.807) is 12.1 Å². The highest BCUT2D eigenvalue weighted by Crippen LogP contribution is 2.21. The quantitative estimate of drug-likeness (QED) is 0.619. The molecule has 1 atom stereocenters. The fourth-order valence-corrected chi connectivity index (χ4v) is 2.98. The Balaban J connectivity index is 1.93. The number of benzene rings is 3. The van der Waals surface area contributed by atoms with E-state index in [0.29, 0.717) is 17.7 Å². The van der Waals surface area contributed by atoms with Crippen LogP contribution in [0.15, 0.2) is 96.0 Å². The molecule has 0 bridgehead atoms. The van der Waals surface area contributed by atoms with Crippen LogP contribution in [0.3, 0.4) is 0 Å². The molecule has 0 saturated carbocycles. The first kappa shape index (κ1) is 20.0. The highest BCUT2D eigenvalue weighted by molar-refractivity contribution is 6.06. The van der Waals surface area contributed by atoms with Gasteiger partial charge >= 0.3 is 6.09 Å². The molecule has 146 valence electrons. The van der Waals surface area contributed by atoms with Gasteiger partial charge in [0.05, 0.1) is 18.9 Å². The van der Waals surface area contributed by atoms with Crippen molar-refractivity contribution in [3.63, 3.8) is 0 Å². The van der Waals surface area contributed by atoms with Crippen molar-refractivity contribution >= 4 is 17.7 Å². The average molecular weight is 386 g/mol. The third-order valence-corrected chi connectivity index (χ3v) is 4.45. The Morgan fingerprint density at radius 1 is 0.828 bits per heavy atom.